The summed E-state index contributed by atoms with van der Waals surface area (Å²) in [6.07, 6.45) is 7.30. The zero-order valence-electron chi connectivity index (χ0n) is 16.9. The summed E-state index contributed by atoms with van der Waals surface area (Å²) in [5.41, 5.74) is 1.53. The van der Waals surface area contributed by atoms with Crippen LogP contribution >= 0.6 is 22.6 Å². The molecule has 6 nitrogen and oxygen atoms in total. The van der Waals surface area contributed by atoms with E-state index >= 15 is 0 Å². The number of para-hydroxylation sites is 3. The highest BCUT2D eigenvalue weighted by molar-refractivity contribution is 14.1. The normalized spacial score (nSPS) is 10.3. The van der Waals surface area contributed by atoms with E-state index in [1.165, 1.54) is 32.1 Å². The van der Waals surface area contributed by atoms with Crippen LogP contribution in [0.15, 0.2) is 48.5 Å². The fourth-order valence-corrected chi connectivity index (χ4v) is 3.30. The van der Waals surface area contributed by atoms with Crippen molar-refractivity contribution >= 4 is 45.9 Å². The maximum Gasteiger partial charge on any atom is 0.199 e. The van der Waals surface area contributed by atoms with Gasteiger partial charge in [-0.1, -0.05) is 63.3 Å². The molecule has 0 bridgehead atoms. The van der Waals surface area contributed by atoms with Crippen molar-refractivity contribution in [1.82, 2.24) is 5.32 Å². The largest absolute Gasteiger partial charge is 0.491 e. The van der Waals surface area contributed by atoms with E-state index in [1.807, 2.05) is 48.5 Å². The maximum atomic E-state index is 8.12. The van der Waals surface area contributed by atoms with Gasteiger partial charge in [-0.15, -0.1) is 0 Å². The van der Waals surface area contributed by atoms with Crippen LogP contribution in [0.2, 0.25) is 0 Å². The zero-order valence-corrected chi connectivity index (χ0v) is 19.0. The van der Waals surface area contributed by atoms with Gasteiger partial charge in [0.2, 0.25) is 0 Å². The maximum absolute atomic E-state index is 8.12. The fraction of sp³-hybridized carbons (Fsp3) is 0.364. The van der Waals surface area contributed by atoms with E-state index in [1.54, 1.807) is 0 Å². The molecule has 0 amide bonds. The molecule has 0 aliphatic carbocycles. The fourth-order valence-electron chi connectivity index (χ4n) is 2.78. The molecule has 156 valence electrons. The minimum absolute atomic E-state index is 0.00375. The molecule has 2 rings (SSSR count). The summed E-state index contributed by atoms with van der Waals surface area (Å²) in [5.74, 6) is 0.742. The van der Waals surface area contributed by atoms with Crippen molar-refractivity contribution in [2.24, 2.45) is 0 Å². The molecule has 0 radical (unpaired) electrons. The Morgan fingerprint density at radius 2 is 1.41 bits per heavy atom. The molecule has 0 aliphatic rings. The van der Waals surface area contributed by atoms with Gasteiger partial charge in [0.15, 0.2) is 11.9 Å². The van der Waals surface area contributed by atoms with Gasteiger partial charge in [-0.2, -0.15) is 0 Å². The molecule has 0 saturated heterocycles. The summed E-state index contributed by atoms with van der Waals surface area (Å²) < 4.78 is 6.91. The summed E-state index contributed by atoms with van der Waals surface area (Å²) >= 11 is 2.20. The highest BCUT2D eigenvalue weighted by atomic mass is 127. The van der Waals surface area contributed by atoms with Gasteiger partial charge in [0, 0.05) is 3.57 Å². The Bertz CT molecular complexity index is 796. The van der Waals surface area contributed by atoms with Crippen LogP contribution < -0.4 is 20.7 Å². The van der Waals surface area contributed by atoms with Crippen molar-refractivity contribution in [2.45, 2.75) is 45.4 Å². The molecule has 0 spiro atoms. The van der Waals surface area contributed by atoms with E-state index in [-0.39, 0.29) is 11.9 Å². The Hall–Kier alpha value is -2.29. The first-order valence-corrected chi connectivity index (χ1v) is 11.1. The summed E-state index contributed by atoms with van der Waals surface area (Å²) in [6, 6.07) is 15.3. The lowest BCUT2D eigenvalue weighted by Gasteiger charge is -2.16. The first kappa shape index (κ1) is 23.0. The first-order chi connectivity index (χ1) is 14.1. The number of hydrogen-bond acceptors (Lipinski definition) is 3. The predicted molar refractivity (Wildman–Crippen MR) is 130 cm³/mol. The van der Waals surface area contributed by atoms with Crippen LogP contribution in [0.4, 0.5) is 11.4 Å². The topological polar surface area (TPSA) is 93.0 Å². The summed E-state index contributed by atoms with van der Waals surface area (Å²) in [7, 11) is 0. The van der Waals surface area contributed by atoms with E-state index in [0.29, 0.717) is 18.0 Å². The van der Waals surface area contributed by atoms with Crippen molar-refractivity contribution in [3.05, 3.63) is 52.1 Å². The average molecular weight is 507 g/mol. The second-order valence-corrected chi connectivity index (χ2v) is 7.88. The molecule has 5 N–H and O–H groups in total. The minimum atomic E-state index is 0.00375. The summed E-state index contributed by atoms with van der Waals surface area (Å²) in [5, 5.41) is 24.8. The number of nitrogens with one attached hydrogen (secondary N) is 5. The number of ether oxygens (including phenoxy) is 1. The van der Waals surface area contributed by atoms with Gasteiger partial charge in [-0.3, -0.25) is 16.1 Å². The molecule has 0 saturated carbocycles. The van der Waals surface area contributed by atoms with E-state index in [4.69, 9.17) is 15.6 Å². The van der Waals surface area contributed by atoms with Crippen LogP contribution in [-0.4, -0.2) is 18.5 Å². The second-order valence-electron chi connectivity index (χ2n) is 6.72. The van der Waals surface area contributed by atoms with E-state index < -0.39 is 0 Å². The number of hydrogen-bond donors (Lipinski definition) is 5. The number of benzene rings is 2. The first-order valence-electron chi connectivity index (χ1n) is 10.0. The molecule has 0 heterocycles. The van der Waals surface area contributed by atoms with E-state index in [2.05, 4.69) is 45.5 Å². The lowest BCUT2D eigenvalue weighted by atomic mass is 10.1. The van der Waals surface area contributed by atoms with Gasteiger partial charge in [0.25, 0.3) is 0 Å². The van der Waals surface area contributed by atoms with Crippen molar-refractivity contribution in [3.63, 3.8) is 0 Å². The van der Waals surface area contributed by atoms with Crippen molar-refractivity contribution in [1.29, 1.82) is 10.8 Å². The summed E-state index contributed by atoms with van der Waals surface area (Å²) in [4.78, 5) is 0. The van der Waals surface area contributed by atoms with Crippen molar-refractivity contribution < 1.29 is 4.74 Å². The lowest BCUT2D eigenvalue weighted by molar-refractivity contribution is 0.306. The van der Waals surface area contributed by atoms with E-state index in [0.717, 1.165) is 15.7 Å². The number of rotatable bonds is 10. The van der Waals surface area contributed by atoms with Crippen LogP contribution in [-0.2, 0) is 0 Å². The van der Waals surface area contributed by atoms with Gasteiger partial charge >= 0.3 is 0 Å². The van der Waals surface area contributed by atoms with Crippen LogP contribution in [0, 0.1) is 14.4 Å². The molecule has 0 aromatic heterocycles. The number of halogens is 1. The molecular weight excluding hydrogens is 477 g/mol. The van der Waals surface area contributed by atoms with Gasteiger partial charge in [0.1, 0.15) is 5.75 Å². The Morgan fingerprint density at radius 1 is 0.828 bits per heavy atom. The zero-order chi connectivity index (χ0) is 20.9. The predicted octanol–water partition coefficient (Wildman–Crippen LogP) is 6.01. The second kappa shape index (κ2) is 13.0. The average Bonchev–Trinajstić information content (AvgIpc) is 2.70. The van der Waals surface area contributed by atoms with Crippen LogP contribution in [0.1, 0.15) is 45.4 Å². The Morgan fingerprint density at radius 3 is 2.14 bits per heavy atom. The van der Waals surface area contributed by atoms with Gasteiger partial charge in [0.05, 0.1) is 18.0 Å². The monoisotopic (exact) mass is 507 g/mol. The third kappa shape index (κ3) is 8.72. The summed E-state index contributed by atoms with van der Waals surface area (Å²) in [6.45, 7) is 2.88. The molecule has 0 atom stereocenters. The SMILES string of the molecule is CCCCCCCCOc1ccccc1NC(=N)NC(=N)Nc1ccccc1I. The lowest BCUT2D eigenvalue weighted by Crippen LogP contribution is -2.38. The van der Waals surface area contributed by atoms with Gasteiger partial charge in [-0.25, -0.2) is 0 Å². The standard InChI is InChI=1S/C22H30IN5O/c1-2-3-4-5-6-11-16-29-20-15-10-9-14-19(20)27-22(25)28-21(24)26-18-13-8-7-12-17(18)23/h7-10,12-15H,2-6,11,16H2,1H3,(H5,24,25,26,27,28). The molecular formula is C22H30IN5O. The Labute approximate surface area is 187 Å². The van der Waals surface area contributed by atoms with Gasteiger partial charge < -0.3 is 15.4 Å². The molecule has 2 aromatic carbocycles. The molecule has 0 unspecified atom stereocenters. The van der Waals surface area contributed by atoms with Crippen molar-refractivity contribution in [2.75, 3.05) is 17.2 Å². The molecule has 0 fully saturated rings. The molecule has 29 heavy (non-hydrogen) atoms. The molecule has 7 heteroatoms. The number of anilines is 2. The minimum Gasteiger partial charge on any atom is -0.491 e. The molecule has 0 aliphatic heterocycles. The number of guanidine groups is 2. The van der Waals surface area contributed by atoms with Crippen molar-refractivity contribution in [3.8, 4) is 5.75 Å². The van der Waals surface area contributed by atoms with Crippen LogP contribution in [0.5, 0.6) is 5.75 Å². The van der Waals surface area contributed by atoms with Crippen LogP contribution in [0.25, 0.3) is 0 Å². The highest BCUT2D eigenvalue weighted by Crippen LogP contribution is 2.24. The quantitative estimate of drug-likeness (QED) is 0.118. The van der Waals surface area contributed by atoms with Crippen LogP contribution in [0.3, 0.4) is 0 Å². The number of unbranched alkanes of at least 4 members (excludes halogenated alkanes) is 5. The Balaban J connectivity index is 1.79. The Kier molecular flexibility index (Phi) is 10.3. The smallest absolute Gasteiger partial charge is 0.199 e. The van der Waals surface area contributed by atoms with Gasteiger partial charge in [-0.05, 0) is 53.3 Å². The van der Waals surface area contributed by atoms with E-state index in [9.17, 15) is 0 Å². The molecule has 2 aromatic rings. The third-order valence-electron chi connectivity index (χ3n) is 4.29. The third-order valence-corrected chi connectivity index (χ3v) is 5.23. The highest BCUT2D eigenvalue weighted by Gasteiger charge is 2.08.